The number of halogens is 9. The molecule has 1 unspecified atom stereocenters. The Morgan fingerprint density at radius 2 is 1.33 bits per heavy atom. The highest BCUT2D eigenvalue weighted by Gasteiger charge is 2.81. The van der Waals surface area contributed by atoms with Gasteiger partial charge < -0.3 is 14.9 Å². The minimum Gasteiger partial charge on any atom is -0.394 e. The van der Waals surface area contributed by atoms with E-state index in [1.807, 2.05) is 0 Å². The van der Waals surface area contributed by atoms with Crippen molar-refractivity contribution in [3.05, 3.63) is 0 Å². The second-order valence-electron chi connectivity index (χ2n) is 4.01. The number of hydrogen-bond acceptors (Lipinski definition) is 3. The number of aliphatic hydroxyl groups is 2. The molecule has 0 aromatic rings. The van der Waals surface area contributed by atoms with Crippen LogP contribution in [0.2, 0.25) is 0 Å². The Morgan fingerprint density at radius 1 is 0.857 bits per heavy atom. The van der Waals surface area contributed by atoms with Crippen molar-refractivity contribution in [1.82, 2.24) is 0 Å². The Kier molecular flexibility index (Phi) is 6.33. The van der Waals surface area contributed by atoms with Crippen LogP contribution < -0.4 is 0 Å². The molecule has 0 rings (SSSR count). The van der Waals surface area contributed by atoms with Crippen molar-refractivity contribution < 1.29 is 54.5 Å². The van der Waals surface area contributed by atoms with Gasteiger partial charge in [0.15, 0.2) is 0 Å². The molecule has 1 atom stereocenters. The Hall–Kier alpha value is -0.750. The maximum atomic E-state index is 12.9. The number of ether oxygens (including phenoxy) is 1. The first-order valence-corrected chi connectivity index (χ1v) is 5.27. The highest BCUT2D eigenvalue weighted by molar-refractivity contribution is 5.00. The van der Waals surface area contributed by atoms with E-state index in [1.165, 1.54) is 0 Å². The van der Waals surface area contributed by atoms with E-state index in [0.717, 1.165) is 0 Å². The molecule has 21 heavy (non-hydrogen) atoms. The molecule has 0 saturated heterocycles. The number of rotatable bonds is 8. The third kappa shape index (κ3) is 4.36. The Morgan fingerprint density at radius 3 is 1.71 bits per heavy atom. The summed E-state index contributed by atoms with van der Waals surface area (Å²) in [6, 6.07) is 0. The first-order valence-electron chi connectivity index (χ1n) is 5.27. The van der Waals surface area contributed by atoms with E-state index in [4.69, 9.17) is 10.2 Å². The second-order valence-corrected chi connectivity index (χ2v) is 4.01. The summed E-state index contributed by atoms with van der Waals surface area (Å²) in [6.07, 6.45) is -10.5. The van der Waals surface area contributed by atoms with Crippen molar-refractivity contribution in [2.45, 2.75) is 36.5 Å². The highest BCUT2D eigenvalue weighted by Crippen LogP contribution is 2.53. The molecule has 0 bridgehead atoms. The first kappa shape index (κ1) is 20.2. The molecule has 0 aromatic heterocycles. The molecule has 0 aliphatic rings. The summed E-state index contributed by atoms with van der Waals surface area (Å²) in [4.78, 5) is 0. The average Bonchev–Trinajstić information content (AvgIpc) is 2.32. The van der Waals surface area contributed by atoms with Crippen LogP contribution in [0.25, 0.3) is 0 Å². The molecule has 0 aliphatic heterocycles. The van der Waals surface area contributed by atoms with E-state index < -0.39 is 56.3 Å². The summed E-state index contributed by atoms with van der Waals surface area (Å²) in [5, 5.41) is 17.0. The maximum Gasteiger partial charge on any atom is 0.460 e. The largest absolute Gasteiger partial charge is 0.460 e. The Balaban J connectivity index is 4.81. The zero-order valence-corrected chi connectivity index (χ0v) is 10.1. The Labute approximate surface area is 112 Å². The van der Waals surface area contributed by atoms with Crippen LogP contribution in [0.15, 0.2) is 0 Å². The number of hydrogen-bond donors (Lipinski definition) is 2. The molecule has 0 heterocycles. The number of aliphatic hydroxyl groups excluding tert-OH is 2. The zero-order valence-electron chi connectivity index (χ0n) is 10.1. The molecule has 0 spiro atoms. The van der Waals surface area contributed by atoms with E-state index in [1.54, 1.807) is 0 Å². The van der Waals surface area contributed by atoms with Gasteiger partial charge in [0, 0.05) is 6.42 Å². The van der Waals surface area contributed by atoms with Crippen molar-refractivity contribution in [2.24, 2.45) is 0 Å². The first-order chi connectivity index (χ1) is 9.20. The molecule has 0 aromatic carbocycles. The van der Waals surface area contributed by atoms with E-state index in [2.05, 4.69) is 4.74 Å². The van der Waals surface area contributed by atoms with Crippen LogP contribution in [-0.2, 0) is 4.74 Å². The predicted molar refractivity (Wildman–Crippen MR) is 49.4 cm³/mol. The van der Waals surface area contributed by atoms with Gasteiger partial charge in [0.1, 0.15) is 6.10 Å². The van der Waals surface area contributed by atoms with Crippen LogP contribution in [0.3, 0.4) is 0 Å². The molecule has 0 saturated carbocycles. The maximum absolute atomic E-state index is 12.9. The van der Waals surface area contributed by atoms with E-state index >= 15 is 0 Å². The molecule has 0 amide bonds. The van der Waals surface area contributed by atoms with Crippen molar-refractivity contribution >= 4 is 0 Å². The van der Waals surface area contributed by atoms with Gasteiger partial charge in [-0.15, -0.1) is 0 Å². The van der Waals surface area contributed by atoms with Crippen LogP contribution in [0.4, 0.5) is 39.5 Å². The SMILES string of the molecule is OCC(O)COCCC(F)(F)C(F)(F)C(F)(F)C(F)(F)F. The van der Waals surface area contributed by atoms with E-state index in [-0.39, 0.29) is 0 Å². The van der Waals surface area contributed by atoms with Crippen molar-refractivity contribution in [1.29, 1.82) is 0 Å². The standard InChI is InChI=1S/C9H11F9O3/c10-6(11,1-2-21-4-5(20)3-19)7(12,13)8(14,15)9(16,17)18/h5,19-20H,1-4H2. The quantitative estimate of drug-likeness (QED) is 0.527. The lowest BCUT2D eigenvalue weighted by molar-refractivity contribution is -0.397. The minimum atomic E-state index is -6.92. The lowest BCUT2D eigenvalue weighted by atomic mass is 10.0. The van der Waals surface area contributed by atoms with E-state index in [0.29, 0.717) is 0 Å². The summed E-state index contributed by atoms with van der Waals surface area (Å²) >= 11 is 0. The van der Waals surface area contributed by atoms with Gasteiger partial charge >= 0.3 is 23.9 Å². The second kappa shape index (κ2) is 6.57. The fourth-order valence-electron chi connectivity index (χ4n) is 1.04. The molecule has 2 N–H and O–H groups in total. The Bertz CT molecular complexity index is 329. The van der Waals surface area contributed by atoms with Crippen LogP contribution in [0, 0.1) is 0 Å². The zero-order chi connectivity index (χ0) is 17.1. The predicted octanol–water partition coefficient (Wildman–Crippen LogP) is 2.21. The molecule has 12 heteroatoms. The van der Waals surface area contributed by atoms with Crippen molar-refractivity contribution in [3.63, 3.8) is 0 Å². The van der Waals surface area contributed by atoms with Crippen LogP contribution in [0.1, 0.15) is 6.42 Å². The molecular formula is C9H11F9O3. The summed E-state index contributed by atoms with van der Waals surface area (Å²) in [7, 11) is 0. The van der Waals surface area contributed by atoms with Crippen molar-refractivity contribution in [2.75, 3.05) is 19.8 Å². The highest BCUT2D eigenvalue weighted by atomic mass is 19.4. The van der Waals surface area contributed by atoms with Gasteiger partial charge in [-0.2, -0.15) is 39.5 Å². The smallest absolute Gasteiger partial charge is 0.394 e. The molecule has 3 nitrogen and oxygen atoms in total. The van der Waals surface area contributed by atoms with Gasteiger partial charge in [-0.3, -0.25) is 0 Å². The lowest BCUT2D eigenvalue weighted by Crippen LogP contribution is -2.61. The van der Waals surface area contributed by atoms with Gasteiger partial charge in [0.25, 0.3) is 0 Å². The molecule has 128 valence electrons. The summed E-state index contributed by atoms with van der Waals surface area (Å²) in [5.41, 5.74) is 0. The third-order valence-corrected chi connectivity index (χ3v) is 2.29. The third-order valence-electron chi connectivity index (χ3n) is 2.29. The fraction of sp³-hybridized carbons (Fsp3) is 1.00. The topological polar surface area (TPSA) is 49.7 Å². The molecule has 0 fully saturated rings. The van der Waals surface area contributed by atoms with E-state index in [9.17, 15) is 39.5 Å². The summed E-state index contributed by atoms with van der Waals surface area (Å²) in [5.74, 6) is -19.3. The van der Waals surface area contributed by atoms with Gasteiger partial charge in [0.2, 0.25) is 0 Å². The van der Waals surface area contributed by atoms with Crippen LogP contribution in [-0.4, -0.2) is 60.1 Å². The summed E-state index contributed by atoms with van der Waals surface area (Å²) in [6.45, 7) is -2.96. The lowest BCUT2D eigenvalue weighted by Gasteiger charge is -2.33. The van der Waals surface area contributed by atoms with Crippen LogP contribution in [0.5, 0.6) is 0 Å². The van der Waals surface area contributed by atoms with Gasteiger partial charge in [-0.25, -0.2) is 0 Å². The minimum absolute atomic E-state index is 0.784. The van der Waals surface area contributed by atoms with Crippen LogP contribution >= 0.6 is 0 Å². The van der Waals surface area contributed by atoms with Gasteiger partial charge in [-0.05, 0) is 0 Å². The van der Waals surface area contributed by atoms with Gasteiger partial charge in [-0.1, -0.05) is 0 Å². The molecule has 0 aliphatic carbocycles. The molecular weight excluding hydrogens is 327 g/mol. The average molecular weight is 338 g/mol. The van der Waals surface area contributed by atoms with Gasteiger partial charge in [0.05, 0.1) is 19.8 Å². The molecule has 0 radical (unpaired) electrons. The van der Waals surface area contributed by atoms with Crippen molar-refractivity contribution in [3.8, 4) is 0 Å². The fourth-order valence-corrected chi connectivity index (χ4v) is 1.04. The monoisotopic (exact) mass is 338 g/mol. The number of alkyl halides is 9. The normalized spacial score (nSPS) is 16.1. The summed E-state index contributed by atoms with van der Waals surface area (Å²) < 4.78 is 116.